The van der Waals surface area contributed by atoms with Gasteiger partial charge in [-0.3, -0.25) is 15.1 Å². The molecule has 1 aromatic heterocycles. The highest BCUT2D eigenvalue weighted by atomic mass is 35.7. The Bertz CT molecular complexity index is 575. The van der Waals surface area contributed by atoms with Gasteiger partial charge < -0.3 is 0 Å². The van der Waals surface area contributed by atoms with Crippen molar-refractivity contribution in [2.45, 2.75) is 18.2 Å². The van der Waals surface area contributed by atoms with Crippen LogP contribution in [-0.4, -0.2) is 18.3 Å². The third-order valence-electron chi connectivity index (χ3n) is 1.91. The maximum atomic E-state index is 12.7. The molecule has 1 rings (SSSR count). The van der Waals surface area contributed by atoms with Crippen LogP contribution in [0.5, 0.6) is 0 Å². The van der Waals surface area contributed by atoms with E-state index in [1.165, 1.54) is 0 Å². The summed E-state index contributed by atoms with van der Waals surface area (Å²) in [6, 6.07) is 0. The van der Waals surface area contributed by atoms with Crippen molar-refractivity contribution >= 4 is 25.4 Å². The molecule has 0 aliphatic rings. The van der Waals surface area contributed by atoms with Crippen LogP contribution in [-0.2, 0) is 9.05 Å². The topological polar surface area (TPSA) is 90.2 Å². The molecule has 0 amide bonds. The summed E-state index contributed by atoms with van der Waals surface area (Å²) in [5.41, 5.74) is -2.44. The fourth-order valence-corrected chi connectivity index (χ4v) is 2.59. The first-order chi connectivity index (χ1) is 7.66. The highest BCUT2D eigenvalue weighted by molar-refractivity contribution is 8.13. The van der Waals surface area contributed by atoms with Crippen LogP contribution in [0.4, 0.5) is 14.5 Å². The molecule has 1 aromatic rings. The Morgan fingerprint density at radius 3 is 2.41 bits per heavy atom. The fraction of sp³-hybridized carbons (Fsp3) is 0.286. The van der Waals surface area contributed by atoms with Gasteiger partial charge in [0.15, 0.2) is 4.90 Å². The van der Waals surface area contributed by atoms with Crippen LogP contribution >= 0.6 is 10.7 Å². The maximum absolute atomic E-state index is 12.7. The summed E-state index contributed by atoms with van der Waals surface area (Å²) in [4.78, 5) is 11.6. The summed E-state index contributed by atoms with van der Waals surface area (Å²) in [5, 5.41) is 10.6. The van der Waals surface area contributed by atoms with Crippen molar-refractivity contribution in [1.82, 2.24) is 4.98 Å². The van der Waals surface area contributed by atoms with Gasteiger partial charge in [-0.2, -0.15) is 0 Å². The lowest BCUT2D eigenvalue weighted by atomic mass is 10.2. The number of nitrogens with zero attached hydrogens (tertiary/aromatic N) is 2. The van der Waals surface area contributed by atoms with Gasteiger partial charge in [0.2, 0.25) is 0 Å². The smallest absolute Gasteiger partial charge is 0.258 e. The van der Waals surface area contributed by atoms with Gasteiger partial charge in [-0.1, -0.05) is 0 Å². The van der Waals surface area contributed by atoms with Crippen molar-refractivity contribution < 1.29 is 22.1 Å². The largest absolute Gasteiger partial charge is 0.307 e. The molecule has 0 spiro atoms. The van der Waals surface area contributed by atoms with E-state index in [2.05, 4.69) is 4.98 Å². The Kier molecular flexibility index (Phi) is 3.62. The molecule has 0 aliphatic heterocycles. The standard InChI is InChI=1S/C7H5ClF2N2O4S/c1-3-5(7(9)10)6(17(8,15)16)4(2-11-3)12(13)14/h2,7H,1H3. The fourth-order valence-electron chi connectivity index (χ4n) is 1.23. The van der Waals surface area contributed by atoms with Crippen molar-refractivity contribution in [2.75, 3.05) is 0 Å². The average Bonchev–Trinajstić information content (AvgIpc) is 2.14. The SMILES string of the molecule is Cc1ncc([N+](=O)[O-])c(S(=O)(=O)Cl)c1C(F)F. The molecule has 0 saturated carbocycles. The summed E-state index contributed by atoms with van der Waals surface area (Å²) in [6.45, 7) is 1.11. The summed E-state index contributed by atoms with van der Waals surface area (Å²) >= 11 is 0. The molecule has 10 heteroatoms. The van der Waals surface area contributed by atoms with Gasteiger partial charge in [-0.25, -0.2) is 17.2 Å². The molecular weight excluding hydrogens is 282 g/mol. The normalized spacial score (nSPS) is 11.8. The summed E-state index contributed by atoms with van der Waals surface area (Å²) in [6.07, 6.45) is -2.65. The van der Waals surface area contributed by atoms with E-state index in [0.717, 1.165) is 6.92 Å². The molecule has 0 radical (unpaired) electrons. The third-order valence-corrected chi connectivity index (χ3v) is 3.29. The summed E-state index contributed by atoms with van der Waals surface area (Å²) in [7, 11) is 0.270. The Morgan fingerprint density at radius 1 is 1.53 bits per heavy atom. The number of pyridine rings is 1. The highest BCUT2D eigenvalue weighted by Gasteiger charge is 2.33. The van der Waals surface area contributed by atoms with E-state index in [0.29, 0.717) is 6.20 Å². The molecule has 0 atom stereocenters. The predicted molar refractivity (Wildman–Crippen MR) is 53.6 cm³/mol. The number of aryl methyl sites for hydroxylation is 1. The van der Waals surface area contributed by atoms with Crippen LogP contribution in [0.15, 0.2) is 11.1 Å². The lowest BCUT2D eigenvalue weighted by Crippen LogP contribution is -2.07. The summed E-state index contributed by atoms with van der Waals surface area (Å²) in [5.74, 6) is 0. The maximum Gasteiger partial charge on any atom is 0.307 e. The predicted octanol–water partition coefficient (Wildman–Crippen LogP) is 2.16. The Labute approximate surface area is 98.8 Å². The minimum absolute atomic E-state index is 0.329. The minimum atomic E-state index is -4.67. The zero-order valence-electron chi connectivity index (χ0n) is 8.22. The number of alkyl halides is 2. The molecule has 0 fully saturated rings. The zero-order valence-corrected chi connectivity index (χ0v) is 9.80. The van der Waals surface area contributed by atoms with Crippen molar-refractivity contribution in [2.24, 2.45) is 0 Å². The molecule has 0 unspecified atom stereocenters. The second-order valence-corrected chi connectivity index (χ2v) is 5.47. The molecule has 17 heavy (non-hydrogen) atoms. The van der Waals surface area contributed by atoms with Gasteiger partial charge >= 0.3 is 5.69 Å². The minimum Gasteiger partial charge on any atom is -0.258 e. The van der Waals surface area contributed by atoms with Crippen LogP contribution in [0.2, 0.25) is 0 Å². The molecule has 0 bridgehead atoms. The Morgan fingerprint density at radius 2 is 2.06 bits per heavy atom. The van der Waals surface area contributed by atoms with E-state index in [-0.39, 0.29) is 5.69 Å². The quantitative estimate of drug-likeness (QED) is 0.482. The second-order valence-electron chi connectivity index (χ2n) is 2.97. The van der Waals surface area contributed by atoms with Crippen LogP contribution in [0.1, 0.15) is 17.7 Å². The van der Waals surface area contributed by atoms with Crippen LogP contribution in [0.3, 0.4) is 0 Å². The van der Waals surface area contributed by atoms with Gasteiger partial charge in [0.25, 0.3) is 15.5 Å². The molecule has 0 aromatic carbocycles. The van der Waals surface area contributed by atoms with Crippen LogP contribution in [0, 0.1) is 17.0 Å². The van der Waals surface area contributed by atoms with Crippen molar-refractivity contribution in [1.29, 1.82) is 0 Å². The van der Waals surface area contributed by atoms with E-state index in [9.17, 15) is 27.3 Å². The van der Waals surface area contributed by atoms with Gasteiger partial charge in [0.05, 0.1) is 10.5 Å². The average molecular weight is 287 g/mol. The number of aromatic nitrogens is 1. The van der Waals surface area contributed by atoms with E-state index in [1.54, 1.807) is 0 Å². The van der Waals surface area contributed by atoms with Gasteiger partial charge in [-0.15, -0.1) is 0 Å². The lowest BCUT2D eigenvalue weighted by Gasteiger charge is -2.08. The highest BCUT2D eigenvalue weighted by Crippen LogP contribution is 2.36. The molecule has 1 heterocycles. The van der Waals surface area contributed by atoms with E-state index >= 15 is 0 Å². The number of rotatable bonds is 3. The van der Waals surface area contributed by atoms with Gasteiger partial charge in [-0.05, 0) is 6.92 Å². The molecule has 94 valence electrons. The van der Waals surface area contributed by atoms with E-state index in [4.69, 9.17) is 10.7 Å². The van der Waals surface area contributed by atoms with Gasteiger partial charge in [0.1, 0.15) is 6.20 Å². The van der Waals surface area contributed by atoms with Crippen LogP contribution < -0.4 is 0 Å². The van der Waals surface area contributed by atoms with Crippen molar-refractivity contribution in [3.63, 3.8) is 0 Å². The molecule has 0 aliphatic carbocycles. The summed E-state index contributed by atoms with van der Waals surface area (Å²) < 4.78 is 47.6. The Hall–Kier alpha value is -1.35. The van der Waals surface area contributed by atoms with Gasteiger partial charge in [0, 0.05) is 16.4 Å². The zero-order chi connectivity index (χ0) is 13.4. The Balaban J connectivity index is 3.82. The van der Waals surface area contributed by atoms with Crippen LogP contribution in [0.25, 0.3) is 0 Å². The number of hydrogen-bond acceptors (Lipinski definition) is 5. The van der Waals surface area contributed by atoms with Crippen molar-refractivity contribution in [3.05, 3.63) is 27.6 Å². The number of halogens is 3. The van der Waals surface area contributed by atoms with E-state index in [1.807, 2.05) is 0 Å². The lowest BCUT2D eigenvalue weighted by molar-refractivity contribution is -0.388. The number of nitro groups is 1. The third kappa shape index (κ3) is 2.67. The number of hydrogen-bond donors (Lipinski definition) is 0. The van der Waals surface area contributed by atoms with E-state index < -0.39 is 36.5 Å². The first kappa shape index (κ1) is 13.7. The van der Waals surface area contributed by atoms with Crippen molar-refractivity contribution in [3.8, 4) is 0 Å². The second kappa shape index (κ2) is 4.49. The molecular formula is C7H5ClF2N2O4S. The first-order valence-corrected chi connectivity index (χ1v) is 6.34. The molecule has 0 saturated heterocycles. The molecule has 6 nitrogen and oxygen atoms in total. The molecule has 0 N–H and O–H groups in total. The monoisotopic (exact) mass is 286 g/mol. The first-order valence-electron chi connectivity index (χ1n) is 4.03.